The Labute approximate surface area is 268 Å². The minimum atomic E-state index is -0.601. The third kappa shape index (κ3) is 26.9. The molecule has 250 valence electrons. The van der Waals surface area contributed by atoms with Gasteiger partial charge in [-0.1, -0.05) is 160 Å². The number of aliphatic hydroxyl groups is 2. The molecule has 1 aromatic heterocycles. The Morgan fingerprint density at radius 3 is 1.51 bits per heavy atom. The van der Waals surface area contributed by atoms with Crippen LogP contribution in [0.2, 0.25) is 0 Å². The molecule has 0 bridgehead atoms. The van der Waals surface area contributed by atoms with E-state index in [1.165, 1.54) is 154 Å². The highest BCUT2D eigenvalue weighted by atomic mass is 16.3. The first-order valence-corrected chi connectivity index (χ1v) is 18.9. The van der Waals surface area contributed by atoms with Crippen molar-refractivity contribution in [3.05, 3.63) is 42.7 Å². The molecule has 0 unspecified atom stereocenters. The van der Waals surface area contributed by atoms with E-state index in [1.54, 1.807) is 0 Å². The minimum Gasteiger partial charge on any atom is -0.395 e. The van der Waals surface area contributed by atoms with Crippen molar-refractivity contribution < 1.29 is 14.8 Å². The van der Waals surface area contributed by atoms with Gasteiger partial charge < -0.3 is 15.5 Å². The molecule has 4 nitrogen and oxygen atoms in total. The van der Waals surface area contributed by atoms with Gasteiger partial charge in [0.15, 0.2) is 12.4 Å². The Hall–Kier alpha value is -1.23. The van der Waals surface area contributed by atoms with E-state index >= 15 is 0 Å². The van der Waals surface area contributed by atoms with Gasteiger partial charge in [0.25, 0.3) is 0 Å². The van der Waals surface area contributed by atoms with Gasteiger partial charge in [0.05, 0.1) is 18.8 Å². The van der Waals surface area contributed by atoms with E-state index in [0.29, 0.717) is 0 Å². The number of aliphatic hydroxyl groups excluding tert-OH is 2. The molecule has 0 saturated carbocycles. The molecule has 0 amide bonds. The topological polar surface area (TPSA) is 56.4 Å². The molecule has 2 atom stereocenters. The molecule has 4 heteroatoms. The molecule has 0 saturated heterocycles. The van der Waals surface area contributed by atoms with Gasteiger partial charge in [0.2, 0.25) is 0 Å². The van der Waals surface area contributed by atoms with Gasteiger partial charge in [-0.3, -0.25) is 0 Å². The predicted molar refractivity (Wildman–Crippen MR) is 186 cm³/mol. The van der Waals surface area contributed by atoms with Crippen LogP contribution in [0.4, 0.5) is 0 Å². The van der Waals surface area contributed by atoms with Crippen molar-refractivity contribution in [2.24, 2.45) is 0 Å². The van der Waals surface area contributed by atoms with E-state index < -0.39 is 6.10 Å². The molecule has 0 radical (unpaired) electrons. The molecule has 0 fully saturated rings. The van der Waals surface area contributed by atoms with E-state index in [0.717, 1.165) is 25.9 Å². The molecule has 3 N–H and O–H groups in total. The lowest BCUT2D eigenvalue weighted by Gasteiger charge is -2.19. The lowest BCUT2D eigenvalue weighted by Crippen LogP contribution is -2.42. The van der Waals surface area contributed by atoms with Gasteiger partial charge in [-0.15, -0.1) is 0 Å². The SMILES string of the molecule is CCCCCCCCCCCCC/C=C/[C@@H](O)[C@H](CO)NCCCCCCCCCCCCCCCC[n+]1ccccc1. The largest absolute Gasteiger partial charge is 0.395 e. The molecule has 0 aliphatic carbocycles. The highest BCUT2D eigenvalue weighted by molar-refractivity contribution is 4.94. The molecule has 0 spiro atoms. The van der Waals surface area contributed by atoms with Crippen molar-refractivity contribution in [3.63, 3.8) is 0 Å². The summed E-state index contributed by atoms with van der Waals surface area (Å²) < 4.78 is 2.29. The van der Waals surface area contributed by atoms with Crippen molar-refractivity contribution in [1.82, 2.24) is 5.32 Å². The van der Waals surface area contributed by atoms with E-state index in [2.05, 4.69) is 53.5 Å². The van der Waals surface area contributed by atoms with Gasteiger partial charge in [-0.05, 0) is 32.2 Å². The van der Waals surface area contributed by atoms with Crippen LogP contribution in [-0.4, -0.2) is 35.5 Å². The maximum absolute atomic E-state index is 10.4. The Kier molecular flexibility index (Phi) is 29.8. The monoisotopic (exact) mass is 602 g/mol. The highest BCUT2D eigenvalue weighted by Crippen LogP contribution is 2.14. The zero-order chi connectivity index (χ0) is 30.9. The zero-order valence-corrected chi connectivity index (χ0v) is 28.5. The number of rotatable bonds is 33. The third-order valence-corrected chi connectivity index (χ3v) is 8.94. The normalized spacial score (nSPS) is 13.2. The first-order valence-electron chi connectivity index (χ1n) is 18.9. The van der Waals surface area contributed by atoms with Crippen LogP contribution in [0, 0.1) is 0 Å². The zero-order valence-electron chi connectivity index (χ0n) is 28.5. The average Bonchev–Trinajstić information content (AvgIpc) is 3.03. The van der Waals surface area contributed by atoms with E-state index in [1.807, 2.05) is 6.08 Å². The van der Waals surface area contributed by atoms with E-state index in [-0.39, 0.29) is 12.6 Å². The Bertz CT molecular complexity index is 696. The van der Waals surface area contributed by atoms with Crippen LogP contribution in [0.15, 0.2) is 42.7 Å². The number of nitrogens with one attached hydrogen (secondary N) is 1. The number of nitrogens with zero attached hydrogens (tertiary/aromatic N) is 1. The van der Waals surface area contributed by atoms with Crippen molar-refractivity contribution in [2.75, 3.05) is 13.2 Å². The van der Waals surface area contributed by atoms with Gasteiger partial charge in [0.1, 0.15) is 6.54 Å². The van der Waals surface area contributed by atoms with Crippen LogP contribution >= 0.6 is 0 Å². The molecule has 1 heterocycles. The number of hydrogen-bond donors (Lipinski definition) is 3. The smallest absolute Gasteiger partial charge is 0.168 e. The number of aromatic nitrogens is 1. The predicted octanol–water partition coefficient (Wildman–Crippen LogP) is 10.0. The summed E-state index contributed by atoms with van der Waals surface area (Å²) in [7, 11) is 0. The van der Waals surface area contributed by atoms with Crippen LogP contribution < -0.4 is 9.88 Å². The Morgan fingerprint density at radius 2 is 1.02 bits per heavy atom. The summed E-state index contributed by atoms with van der Waals surface area (Å²) in [5.74, 6) is 0. The first kappa shape index (κ1) is 39.8. The second-order valence-electron chi connectivity index (χ2n) is 13.0. The molecule has 0 aliphatic heterocycles. The van der Waals surface area contributed by atoms with E-state index in [9.17, 15) is 10.2 Å². The molecule has 0 aromatic carbocycles. The van der Waals surface area contributed by atoms with Crippen LogP contribution in [0.3, 0.4) is 0 Å². The minimum absolute atomic E-state index is 0.0165. The van der Waals surface area contributed by atoms with Gasteiger partial charge in [-0.2, -0.15) is 0 Å². The van der Waals surface area contributed by atoms with Crippen molar-refractivity contribution >= 4 is 0 Å². The molecule has 0 aliphatic rings. The van der Waals surface area contributed by atoms with Gasteiger partial charge in [0, 0.05) is 18.6 Å². The van der Waals surface area contributed by atoms with Crippen LogP contribution in [0.5, 0.6) is 0 Å². The lowest BCUT2D eigenvalue weighted by atomic mass is 10.0. The second-order valence-corrected chi connectivity index (χ2v) is 13.0. The number of pyridine rings is 1. The number of unbranched alkanes of at least 4 members (excludes halogenated alkanes) is 24. The summed E-state index contributed by atoms with van der Waals surface area (Å²) in [6, 6.07) is 6.05. The third-order valence-electron chi connectivity index (χ3n) is 8.94. The fourth-order valence-electron chi connectivity index (χ4n) is 6.00. The Morgan fingerprint density at radius 1 is 0.581 bits per heavy atom. The van der Waals surface area contributed by atoms with Crippen molar-refractivity contribution in [1.29, 1.82) is 0 Å². The van der Waals surface area contributed by atoms with Crippen molar-refractivity contribution in [2.45, 2.75) is 193 Å². The van der Waals surface area contributed by atoms with Crippen LogP contribution in [0.25, 0.3) is 0 Å². The molecule has 1 aromatic rings. The summed E-state index contributed by atoms with van der Waals surface area (Å²) in [5.41, 5.74) is 0. The fourth-order valence-corrected chi connectivity index (χ4v) is 6.00. The highest BCUT2D eigenvalue weighted by Gasteiger charge is 2.14. The number of allylic oxidation sites excluding steroid dienone is 1. The summed E-state index contributed by atoms with van der Waals surface area (Å²) in [6.45, 7) is 4.29. The van der Waals surface area contributed by atoms with Crippen LogP contribution in [-0.2, 0) is 6.54 Å². The van der Waals surface area contributed by atoms with Gasteiger partial charge >= 0.3 is 0 Å². The number of hydrogen-bond acceptors (Lipinski definition) is 3. The lowest BCUT2D eigenvalue weighted by molar-refractivity contribution is -0.697. The summed E-state index contributed by atoms with van der Waals surface area (Å²) in [4.78, 5) is 0. The average molecular weight is 602 g/mol. The molecule has 1 rings (SSSR count). The fraction of sp³-hybridized carbons (Fsp3) is 0.821. The first-order chi connectivity index (χ1) is 21.3. The van der Waals surface area contributed by atoms with Crippen molar-refractivity contribution in [3.8, 4) is 0 Å². The maximum Gasteiger partial charge on any atom is 0.168 e. The molecular weight excluding hydrogens is 528 g/mol. The second kappa shape index (κ2) is 32.2. The molecular formula is C39H73N2O2+. The van der Waals surface area contributed by atoms with Gasteiger partial charge in [-0.25, -0.2) is 4.57 Å². The summed E-state index contributed by atoms with van der Waals surface area (Å²) >= 11 is 0. The van der Waals surface area contributed by atoms with E-state index in [4.69, 9.17) is 0 Å². The molecule has 43 heavy (non-hydrogen) atoms. The van der Waals surface area contributed by atoms with Crippen LogP contribution in [0.1, 0.15) is 174 Å². The maximum atomic E-state index is 10.4. The summed E-state index contributed by atoms with van der Waals surface area (Å²) in [5, 5.41) is 23.5. The quantitative estimate of drug-likeness (QED) is 0.0427. The summed E-state index contributed by atoms with van der Waals surface area (Å²) in [6.07, 6.45) is 42.5. The Balaban J connectivity index is 1.82. The standard InChI is InChI=1S/C39H73N2O2/c1-2-3-4-5-6-7-8-11-14-17-20-23-27-32-39(43)38(37-42)40-33-28-24-21-18-15-12-9-10-13-16-19-22-25-29-34-41-35-30-26-31-36-41/h26-27,30-32,35-36,38-40,42-43H,2-25,28-29,33-34,37H2,1H3/q+1/b32-27+/t38-,39+/m0/s1. The number of aryl methyl sites for hydroxylation is 1.